The molecule has 0 unspecified atom stereocenters. The molecule has 1 aliphatic rings. The number of carbonyl (C=O) groups is 1. The Morgan fingerprint density at radius 1 is 1.23 bits per heavy atom. The Balaban J connectivity index is 1.54. The van der Waals surface area contributed by atoms with Gasteiger partial charge in [-0.15, -0.1) is 0 Å². The quantitative estimate of drug-likeness (QED) is 0.783. The average Bonchev–Trinajstić information content (AvgIpc) is 3.32. The molecule has 6 nitrogen and oxygen atoms in total. The van der Waals surface area contributed by atoms with Crippen molar-refractivity contribution >= 4 is 11.7 Å². The van der Waals surface area contributed by atoms with Gasteiger partial charge in [-0.2, -0.15) is 5.10 Å². The monoisotopic (exact) mass is 352 g/mol. The van der Waals surface area contributed by atoms with Crippen molar-refractivity contribution in [2.24, 2.45) is 5.92 Å². The molecule has 1 aromatic carbocycles. The number of carbonyl (C=O) groups excluding carboxylic acids is 1. The van der Waals surface area contributed by atoms with Crippen LogP contribution in [-0.2, 0) is 9.53 Å². The number of hydrogen-bond acceptors (Lipinski definition) is 4. The molecule has 2 aromatic heterocycles. The number of rotatable bonds is 4. The lowest BCUT2D eigenvalue weighted by Crippen LogP contribution is -2.25. The molecule has 1 N–H and O–H groups in total. The molecule has 0 spiro atoms. The predicted octanol–water partition coefficient (Wildman–Crippen LogP) is 3.12. The van der Waals surface area contributed by atoms with E-state index in [2.05, 4.69) is 15.4 Å². The van der Waals surface area contributed by atoms with Gasteiger partial charge in [0, 0.05) is 24.6 Å². The summed E-state index contributed by atoms with van der Waals surface area (Å²) >= 11 is 0. The van der Waals surface area contributed by atoms with Crippen molar-refractivity contribution in [1.29, 1.82) is 0 Å². The van der Waals surface area contributed by atoms with Crippen LogP contribution in [0.4, 0.5) is 10.2 Å². The maximum atomic E-state index is 13.9. The molecule has 3 aromatic rings. The van der Waals surface area contributed by atoms with Crippen molar-refractivity contribution in [3.63, 3.8) is 0 Å². The third kappa shape index (κ3) is 3.21. The molecule has 1 fully saturated rings. The van der Waals surface area contributed by atoms with Crippen LogP contribution in [0.25, 0.3) is 5.69 Å². The van der Waals surface area contributed by atoms with Gasteiger partial charge in [-0.1, -0.05) is 18.2 Å². The van der Waals surface area contributed by atoms with E-state index in [-0.39, 0.29) is 17.6 Å². The van der Waals surface area contributed by atoms with Gasteiger partial charge in [0.15, 0.2) is 0 Å². The maximum Gasteiger partial charge on any atom is 0.231 e. The highest BCUT2D eigenvalue weighted by Gasteiger charge is 2.36. The van der Waals surface area contributed by atoms with Crippen molar-refractivity contribution in [3.05, 3.63) is 72.4 Å². The first-order chi connectivity index (χ1) is 12.7. The van der Waals surface area contributed by atoms with Crippen molar-refractivity contribution in [2.75, 3.05) is 11.9 Å². The molecular formula is C19H17FN4O2. The first kappa shape index (κ1) is 16.4. The summed E-state index contributed by atoms with van der Waals surface area (Å²) in [6, 6.07) is 11.7. The smallest absolute Gasteiger partial charge is 0.231 e. The molecule has 0 radical (unpaired) electrons. The van der Waals surface area contributed by atoms with E-state index in [4.69, 9.17) is 4.74 Å². The van der Waals surface area contributed by atoms with Gasteiger partial charge in [0.1, 0.15) is 17.3 Å². The Labute approximate surface area is 149 Å². The van der Waals surface area contributed by atoms with E-state index in [9.17, 15) is 9.18 Å². The summed E-state index contributed by atoms with van der Waals surface area (Å²) in [5, 5.41) is 7.04. The summed E-state index contributed by atoms with van der Waals surface area (Å²) in [4.78, 5) is 16.7. The standard InChI is InChI=1S/C19H17FN4O2/c20-15-5-1-2-6-16(15)24-12-13(11-22-24)18-14(8-10-26-18)19(25)23-17-7-3-4-9-21-17/h1-7,9,11-12,14,18H,8,10H2,(H,21,23,25)/t14-,18+/m0/s1. The molecule has 1 amide bonds. The van der Waals surface area contributed by atoms with Crippen LogP contribution in [0.5, 0.6) is 0 Å². The fraction of sp³-hybridized carbons (Fsp3) is 0.211. The van der Waals surface area contributed by atoms with E-state index in [1.165, 1.54) is 10.7 Å². The number of halogens is 1. The van der Waals surface area contributed by atoms with Gasteiger partial charge in [0.25, 0.3) is 0 Å². The first-order valence-corrected chi connectivity index (χ1v) is 8.35. The fourth-order valence-electron chi connectivity index (χ4n) is 3.10. The number of ether oxygens (including phenoxy) is 1. The highest BCUT2D eigenvalue weighted by Crippen LogP contribution is 2.35. The van der Waals surface area contributed by atoms with Crippen LogP contribution < -0.4 is 5.32 Å². The highest BCUT2D eigenvalue weighted by atomic mass is 19.1. The van der Waals surface area contributed by atoms with Crippen LogP contribution >= 0.6 is 0 Å². The Morgan fingerprint density at radius 3 is 2.88 bits per heavy atom. The van der Waals surface area contributed by atoms with Crippen LogP contribution in [0.2, 0.25) is 0 Å². The summed E-state index contributed by atoms with van der Waals surface area (Å²) in [6.45, 7) is 0.482. The van der Waals surface area contributed by atoms with Gasteiger partial charge in [0.05, 0.1) is 18.2 Å². The number of pyridine rings is 1. The second-order valence-corrected chi connectivity index (χ2v) is 6.06. The van der Waals surface area contributed by atoms with Crippen LogP contribution in [0, 0.1) is 11.7 Å². The normalized spacial score (nSPS) is 19.4. The van der Waals surface area contributed by atoms with E-state index in [1.54, 1.807) is 48.9 Å². The molecule has 0 aliphatic carbocycles. The van der Waals surface area contributed by atoms with Gasteiger partial charge in [-0.25, -0.2) is 14.1 Å². The lowest BCUT2D eigenvalue weighted by molar-refractivity contribution is -0.121. The molecule has 4 rings (SSSR count). The van der Waals surface area contributed by atoms with Gasteiger partial charge >= 0.3 is 0 Å². The van der Waals surface area contributed by atoms with Gasteiger partial charge in [-0.05, 0) is 30.7 Å². The van der Waals surface area contributed by atoms with Crippen LogP contribution in [-0.4, -0.2) is 27.3 Å². The zero-order chi connectivity index (χ0) is 17.9. The van der Waals surface area contributed by atoms with E-state index >= 15 is 0 Å². The maximum absolute atomic E-state index is 13.9. The van der Waals surface area contributed by atoms with E-state index in [0.29, 0.717) is 24.5 Å². The van der Waals surface area contributed by atoms with Crippen LogP contribution in [0.3, 0.4) is 0 Å². The molecule has 0 bridgehead atoms. The predicted molar refractivity (Wildman–Crippen MR) is 93.2 cm³/mol. The van der Waals surface area contributed by atoms with Crippen molar-refractivity contribution in [3.8, 4) is 5.69 Å². The zero-order valence-electron chi connectivity index (χ0n) is 13.9. The Bertz CT molecular complexity index is 913. The zero-order valence-corrected chi connectivity index (χ0v) is 13.9. The third-order valence-electron chi connectivity index (χ3n) is 4.38. The first-order valence-electron chi connectivity index (χ1n) is 8.35. The Hall–Kier alpha value is -3.06. The third-order valence-corrected chi connectivity index (χ3v) is 4.38. The van der Waals surface area contributed by atoms with Gasteiger partial charge in [-0.3, -0.25) is 4.79 Å². The molecule has 3 heterocycles. The Kier molecular flexibility index (Phi) is 4.45. The highest BCUT2D eigenvalue weighted by molar-refractivity contribution is 5.92. The van der Waals surface area contributed by atoms with Crippen molar-refractivity contribution in [2.45, 2.75) is 12.5 Å². The molecule has 0 saturated carbocycles. The van der Waals surface area contributed by atoms with Crippen molar-refractivity contribution in [1.82, 2.24) is 14.8 Å². The number of benzene rings is 1. The van der Waals surface area contributed by atoms with Crippen LogP contribution in [0.15, 0.2) is 61.1 Å². The molecule has 7 heteroatoms. The topological polar surface area (TPSA) is 69.0 Å². The number of para-hydroxylation sites is 1. The molecule has 26 heavy (non-hydrogen) atoms. The van der Waals surface area contributed by atoms with E-state index in [1.807, 2.05) is 6.07 Å². The number of amides is 1. The molecule has 1 aliphatic heterocycles. The second-order valence-electron chi connectivity index (χ2n) is 6.06. The lowest BCUT2D eigenvalue weighted by atomic mass is 9.96. The van der Waals surface area contributed by atoms with Gasteiger partial charge < -0.3 is 10.1 Å². The molecule has 1 saturated heterocycles. The fourth-order valence-corrected chi connectivity index (χ4v) is 3.10. The summed E-state index contributed by atoms with van der Waals surface area (Å²) in [5.41, 5.74) is 1.10. The summed E-state index contributed by atoms with van der Waals surface area (Å²) in [6.07, 6.45) is 5.13. The van der Waals surface area contributed by atoms with Gasteiger partial charge in [0.2, 0.25) is 5.91 Å². The molecular weight excluding hydrogens is 335 g/mol. The number of nitrogens with one attached hydrogen (secondary N) is 1. The minimum atomic E-state index is -0.417. The van der Waals surface area contributed by atoms with E-state index < -0.39 is 6.10 Å². The second kappa shape index (κ2) is 7.05. The minimum absolute atomic E-state index is 0.148. The summed E-state index contributed by atoms with van der Waals surface area (Å²) in [7, 11) is 0. The minimum Gasteiger partial charge on any atom is -0.373 e. The van der Waals surface area contributed by atoms with Crippen LogP contribution in [0.1, 0.15) is 18.1 Å². The average molecular weight is 352 g/mol. The largest absolute Gasteiger partial charge is 0.373 e. The van der Waals surface area contributed by atoms with E-state index in [0.717, 1.165) is 5.56 Å². The summed E-state index contributed by atoms with van der Waals surface area (Å²) < 4.78 is 21.2. The molecule has 2 atom stereocenters. The number of hydrogen-bond donors (Lipinski definition) is 1. The lowest BCUT2D eigenvalue weighted by Gasteiger charge is -2.16. The SMILES string of the molecule is O=C(Nc1ccccn1)[C@H]1CCO[C@@H]1c1cnn(-c2ccccc2F)c1. The Morgan fingerprint density at radius 2 is 2.08 bits per heavy atom. The summed E-state index contributed by atoms with van der Waals surface area (Å²) in [5.74, 6) is -0.357. The molecule has 132 valence electrons. The van der Waals surface area contributed by atoms with Crippen molar-refractivity contribution < 1.29 is 13.9 Å². The number of anilines is 1. The number of aromatic nitrogens is 3. The number of nitrogens with zero attached hydrogens (tertiary/aromatic N) is 3.